The van der Waals surface area contributed by atoms with E-state index in [1.165, 1.54) is 0 Å². The first-order chi connectivity index (χ1) is 12.7. The summed E-state index contributed by atoms with van der Waals surface area (Å²) in [4.78, 5) is 22.8. The van der Waals surface area contributed by atoms with E-state index in [0.717, 1.165) is 41.9 Å². The quantitative estimate of drug-likeness (QED) is 0.639. The lowest BCUT2D eigenvalue weighted by Crippen LogP contribution is -2.46. The molecule has 27 heavy (non-hydrogen) atoms. The molecular weight excluding hydrogens is 362 g/mol. The number of halogens is 1. The Hall–Kier alpha value is -2.57. The Morgan fingerprint density at radius 3 is 2.67 bits per heavy atom. The summed E-state index contributed by atoms with van der Waals surface area (Å²) in [6.45, 7) is 0.915. The van der Waals surface area contributed by atoms with Gasteiger partial charge in [0.25, 0.3) is 0 Å². The van der Waals surface area contributed by atoms with Crippen LogP contribution in [0.3, 0.4) is 0 Å². The highest BCUT2D eigenvalue weighted by Crippen LogP contribution is 2.29. The molecule has 142 valence electrons. The molecule has 1 aromatic heterocycles. The predicted octanol–water partition coefficient (Wildman–Crippen LogP) is 3.94. The van der Waals surface area contributed by atoms with Crippen LogP contribution in [0.4, 0.5) is 10.5 Å². The van der Waals surface area contributed by atoms with Crippen molar-refractivity contribution in [1.29, 1.82) is 0 Å². The van der Waals surface area contributed by atoms with Crippen LogP contribution >= 0.6 is 12.4 Å². The van der Waals surface area contributed by atoms with E-state index in [1.807, 2.05) is 54.6 Å². The number of hydrogen-bond acceptors (Lipinski definition) is 3. The Morgan fingerprint density at radius 1 is 1.15 bits per heavy atom. The van der Waals surface area contributed by atoms with Crippen LogP contribution in [0.2, 0.25) is 0 Å². The highest BCUT2D eigenvalue weighted by molar-refractivity contribution is 5.89. The minimum atomic E-state index is -0.158. The van der Waals surface area contributed by atoms with Crippen LogP contribution in [0.1, 0.15) is 24.7 Å². The topological polar surface area (TPSA) is 73.1 Å². The number of carbonyl (C=O) groups excluding carboxylic acids is 1. The van der Waals surface area contributed by atoms with E-state index in [9.17, 15) is 4.79 Å². The van der Waals surface area contributed by atoms with Gasteiger partial charge in [-0.25, -0.2) is 9.78 Å². The molecule has 0 aliphatic carbocycles. The number of fused-ring (bicyclic) bond motifs is 1. The molecule has 0 radical (unpaired) electrons. The van der Waals surface area contributed by atoms with Crippen molar-refractivity contribution in [3.05, 3.63) is 60.4 Å². The van der Waals surface area contributed by atoms with Gasteiger partial charge in [-0.2, -0.15) is 0 Å². The number of rotatable bonds is 3. The summed E-state index contributed by atoms with van der Waals surface area (Å²) in [6, 6.07) is 17.7. The first-order valence-corrected chi connectivity index (χ1v) is 8.96. The van der Waals surface area contributed by atoms with Crippen molar-refractivity contribution in [2.75, 3.05) is 18.9 Å². The number of carbonyl (C=O) groups is 1. The second-order valence-corrected chi connectivity index (χ2v) is 6.82. The highest BCUT2D eigenvalue weighted by Gasteiger charge is 2.30. The van der Waals surface area contributed by atoms with Crippen molar-refractivity contribution in [3.63, 3.8) is 0 Å². The minimum Gasteiger partial charge on any atom is -0.341 e. The average molecular weight is 386 g/mol. The Kier molecular flexibility index (Phi) is 5.98. The van der Waals surface area contributed by atoms with Gasteiger partial charge in [-0.15, -0.1) is 12.4 Å². The summed E-state index contributed by atoms with van der Waals surface area (Å²) in [7, 11) is 2.11. The second-order valence-electron chi connectivity index (χ2n) is 6.82. The second kappa shape index (κ2) is 8.41. The molecule has 0 unspecified atom stereocenters. The van der Waals surface area contributed by atoms with Gasteiger partial charge >= 0.3 is 6.03 Å². The number of likely N-dealkylation sites (tertiary alicyclic amines) is 1. The maximum atomic E-state index is 12.3. The number of hydrogen-bond donors (Lipinski definition) is 3. The number of imidazole rings is 1. The molecular formula is C20H24ClN5O. The maximum absolute atomic E-state index is 12.3. The molecule has 6 nitrogen and oxygen atoms in total. The monoisotopic (exact) mass is 385 g/mol. The molecule has 0 saturated carbocycles. The van der Waals surface area contributed by atoms with E-state index in [1.54, 1.807) is 0 Å². The number of nitrogens with zero attached hydrogens (tertiary/aromatic N) is 2. The molecule has 7 heteroatoms. The van der Waals surface area contributed by atoms with Crippen LogP contribution in [0.25, 0.3) is 11.0 Å². The summed E-state index contributed by atoms with van der Waals surface area (Å²) in [6.07, 6.45) is 1.76. The maximum Gasteiger partial charge on any atom is 0.319 e. The molecule has 1 aliphatic heterocycles. The zero-order valence-corrected chi connectivity index (χ0v) is 16.0. The smallest absolute Gasteiger partial charge is 0.319 e. The van der Waals surface area contributed by atoms with Gasteiger partial charge in [0.05, 0.1) is 17.1 Å². The van der Waals surface area contributed by atoms with E-state index in [2.05, 4.69) is 27.6 Å². The lowest BCUT2D eigenvalue weighted by atomic mass is 9.97. The SMILES string of the molecule is CN1CC[C@@H](NC(=O)Nc2ccccc2)C[C@@H]1c1nc2ccccc2[nH]1.Cl. The number of aromatic amines is 1. The molecule has 0 spiro atoms. The van der Waals surface area contributed by atoms with Crippen LogP contribution in [-0.2, 0) is 0 Å². The first kappa shape index (κ1) is 19.2. The van der Waals surface area contributed by atoms with Crippen LogP contribution in [0.5, 0.6) is 0 Å². The summed E-state index contributed by atoms with van der Waals surface area (Å²) in [5, 5.41) is 5.99. The predicted molar refractivity (Wildman–Crippen MR) is 110 cm³/mol. The lowest BCUT2D eigenvalue weighted by Gasteiger charge is -2.36. The van der Waals surface area contributed by atoms with E-state index >= 15 is 0 Å². The van der Waals surface area contributed by atoms with Gasteiger partial charge in [0, 0.05) is 18.3 Å². The van der Waals surface area contributed by atoms with Gasteiger partial charge in [0.2, 0.25) is 0 Å². The van der Waals surface area contributed by atoms with Gasteiger partial charge in [-0.3, -0.25) is 4.90 Å². The zero-order valence-electron chi connectivity index (χ0n) is 15.2. The molecule has 4 rings (SSSR count). The fourth-order valence-corrected chi connectivity index (χ4v) is 3.54. The fourth-order valence-electron chi connectivity index (χ4n) is 3.54. The number of aromatic nitrogens is 2. The summed E-state index contributed by atoms with van der Waals surface area (Å²) in [5.74, 6) is 0.962. The molecule has 2 amide bonds. The van der Waals surface area contributed by atoms with Crippen molar-refractivity contribution >= 4 is 35.2 Å². The molecule has 2 atom stereocenters. The van der Waals surface area contributed by atoms with Crippen LogP contribution in [-0.4, -0.2) is 40.5 Å². The molecule has 2 heterocycles. The van der Waals surface area contributed by atoms with Gasteiger partial charge in [-0.05, 0) is 44.2 Å². The largest absolute Gasteiger partial charge is 0.341 e. The standard InChI is InChI=1S/C20H23N5O.ClH/c1-25-12-11-15(22-20(26)21-14-7-3-2-4-8-14)13-18(25)19-23-16-9-5-6-10-17(16)24-19;/h2-10,15,18H,11-13H2,1H3,(H,23,24)(H2,21,22,26);1H/t15-,18-;/m1./s1. The van der Waals surface area contributed by atoms with Crippen molar-refractivity contribution in [1.82, 2.24) is 20.2 Å². The minimum absolute atomic E-state index is 0. The number of H-pyrrole nitrogens is 1. The van der Waals surface area contributed by atoms with Crippen LogP contribution in [0, 0.1) is 0 Å². The third-order valence-corrected chi connectivity index (χ3v) is 4.96. The summed E-state index contributed by atoms with van der Waals surface area (Å²) < 4.78 is 0. The number of urea groups is 1. The van der Waals surface area contributed by atoms with Crippen molar-refractivity contribution in [2.24, 2.45) is 0 Å². The number of benzene rings is 2. The normalized spacial score (nSPS) is 20.0. The first-order valence-electron chi connectivity index (χ1n) is 8.96. The van der Waals surface area contributed by atoms with E-state index in [0.29, 0.717) is 0 Å². The van der Waals surface area contributed by atoms with Crippen LogP contribution in [0.15, 0.2) is 54.6 Å². The van der Waals surface area contributed by atoms with E-state index in [4.69, 9.17) is 4.98 Å². The van der Waals surface area contributed by atoms with Gasteiger partial charge in [0.15, 0.2) is 0 Å². The average Bonchev–Trinajstić information content (AvgIpc) is 3.08. The van der Waals surface area contributed by atoms with E-state index < -0.39 is 0 Å². The number of anilines is 1. The van der Waals surface area contributed by atoms with Gasteiger partial charge in [0.1, 0.15) is 5.82 Å². The Labute approximate surface area is 164 Å². The van der Waals surface area contributed by atoms with Gasteiger partial charge in [-0.1, -0.05) is 30.3 Å². The summed E-state index contributed by atoms with van der Waals surface area (Å²) in [5.41, 5.74) is 2.83. The number of piperidine rings is 1. The fraction of sp³-hybridized carbons (Fsp3) is 0.300. The van der Waals surface area contributed by atoms with Crippen molar-refractivity contribution < 1.29 is 4.79 Å². The van der Waals surface area contributed by atoms with Crippen LogP contribution < -0.4 is 10.6 Å². The summed E-state index contributed by atoms with van der Waals surface area (Å²) >= 11 is 0. The van der Waals surface area contributed by atoms with Crippen molar-refractivity contribution in [2.45, 2.75) is 24.9 Å². The molecule has 1 saturated heterocycles. The number of nitrogens with one attached hydrogen (secondary N) is 3. The van der Waals surface area contributed by atoms with Crippen molar-refractivity contribution in [3.8, 4) is 0 Å². The molecule has 3 aromatic rings. The number of amides is 2. The van der Waals surface area contributed by atoms with Gasteiger partial charge < -0.3 is 15.6 Å². The van der Waals surface area contributed by atoms with E-state index in [-0.39, 0.29) is 30.5 Å². The zero-order chi connectivity index (χ0) is 17.9. The highest BCUT2D eigenvalue weighted by atomic mass is 35.5. The third kappa shape index (κ3) is 4.40. The Balaban J connectivity index is 0.00000210. The molecule has 1 aliphatic rings. The molecule has 0 bridgehead atoms. The lowest BCUT2D eigenvalue weighted by molar-refractivity contribution is 0.153. The number of para-hydroxylation sites is 3. The molecule has 2 aromatic carbocycles. The molecule has 1 fully saturated rings. The Bertz CT molecular complexity index is 865. The molecule has 3 N–H and O–H groups in total. The Morgan fingerprint density at radius 2 is 1.89 bits per heavy atom. The third-order valence-electron chi connectivity index (χ3n) is 4.96.